The maximum atomic E-state index is 10.8. The van der Waals surface area contributed by atoms with Crippen molar-refractivity contribution in [1.82, 2.24) is 4.90 Å². The number of halogens is 1. The molecule has 0 rings (SSSR count). The highest BCUT2D eigenvalue weighted by atomic mass is 35.5. The topological polar surface area (TPSA) is 37.4 Å². The van der Waals surface area contributed by atoms with Crippen LogP contribution in [0.3, 0.4) is 0 Å². The fourth-order valence-corrected chi connectivity index (χ4v) is 1.73. The summed E-state index contributed by atoms with van der Waals surface area (Å²) < 4.78 is 21.7. The molecule has 0 aliphatic rings. The summed E-state index contributed by atoms with van der Waals surface area (Å²) in [5, 5.41) is 0. The van der Waals surface area contributed by atoms with Gasteiger partial charge in [0.15, 0.2) is 0 Å². The lowest BCUT2D eigenvalue weighted by molar-refractivity contribution is 0.312. The predicted molar refractivity (Wildman–Crippen MR) is 57.1 cm³/mol. The van der Waals surface area contributed by atoms with Crippen LogP contribution in [0.5, 0.6) is 0 Å². The molecule has 80 valence electrons. The first kappa shape index (κ1) is 13.2. The minimum Gasteiger partial charge on any atom is -0.305 e. The average Bonchev–Trinajstić information content (AvgIpc) is 1.99. The molecule has 0 radical (unpaired) electrons. The van der Waals surface area contributed by atoms with Crippen molar-refractivity contribution in [2.45, 2.75) is 6.92 Å². The van der Waals surface area contributed by atoms with Gasteiger partial charge in [-0.25, -0.2) is 8.42 Å². The van der Waals surface area contributed by atoms with Gasteiger partial charge in [0.1, 0.15) is 9.84 Å². The molecule has 0 spiro atoms. The Bertz CT molecular complexity index is 228. The number of sulfone groups is 1. The van der Waals surface area contributed by atoms with Crippen molar-refractivity contribution in [3.8, 4) is 0 Å². The number of hydrogen-bond donors (Lipinski definition) is 0. The van der Waals surface area contributed by atoms with Crippen molar-refractivity contribution in [2.24, 2.45) is 5.92 Å². The van der Waals surface area contributed by atoms with Crippen molar-refractivity contribution >= 4 is 21.4 Å². The first-order valence-corrected chi connectivity index (χ1v) is 6.87. The zero-order valence-corrected chi connectivity index (χ0v) is 10.0. The molecule has 13 heavy (non-hydrogen) atoms. The molecule has 3 nitrogen and oxygen atoms in total. The van der Waals surface area contributed by atoms with Crippen LogP contribution in [0.2, 0.25) is 0 Å². The van der Waals surface area contributed by atoms with E-state index in [2.05, 4.69) is 0 Å². The van der Waals surface area contributed by atoms with Gasteiger partial charge in [-0.15, -0.1) is 11.6 Å². The Kier molecular flexibility index (Phi) is 5.92. The Hall–Kier alpha value is 0.200. The Morgan fingerprint density at radius 3 is 2.38 bits per heavy atom. The molecule has 0 amide bonds. The summed E-state index contributed by atoms with van der Waals surface area (Å²) in [6.07, 6.45) is 1.26. The summed E-state index contributed by atoms with van der Waals surface area (Å²) in [6.45, 7) is 3.48. The Balaban J connectivity index is 3.69. The van der Waals surface area contributed by atoms with Gasteiger partial charge in [0.25, 0.3) is 0 Å². The van der Waals surface area contributed by atoms with E-state index in [9.17, 15) is 8.42 Å². The highest BCUT2D eigenvalue weighted by Crippen LogP contribution is 2.00. The van der Waals surface area contributed by atoms with E-state index in [1.54, 1.807) is 0 Å². The molecule has 0 saturated carbocycles. The van der Waals surface area contributed by atoms with E-state index in [0.717, 1.165) is 6.54 Å². The van der Waals surface area contributed by atoms with Crippen molar-refractivity contribution < 1.29 is 8.42 Å². The fraction of sp³-hybridized carbons (Fsp3) is 1.00. The lowest BCUT2D eigenvalue weighted by Gasteiger charge is -2.19. The van der Waals surface area contributed by atoms with Crippen molar-refractivity contribution in [1.29, 1.82) is 0 Å². The normalized spacial score (nSPS) is 14.8. The Morgan fingerprint density at radius 1 is 1.46 bits per heavy atom. The lowest BCUT2D eigenvalue weighted by Crippen LogP contribution is -2.29. The summed E-state index contributed by atoms with van der Waals surface area (Å²) >= 11 is 5.64. The van der Waals surface area contributed by atoms with Crippen LogP contribution in [0, 0.1) is 5.92 Å². The molecule has 0 aliphatic heterocycles. The highest BCUT2D eigenvalue weighted by molar-refractivity contribution is 7.90. The second kappa shape index (κ2) is 5.83. The van der Waals surface area contributed by atoms with E-state index in [-0.39, 0.29) is 5.75 Å². The fourth-order valence-electron chi connectivity index (χ4n) is 0.994. The monoisotopic (exact) mass is 227 g/mol. The molecule has 0 heterocycles. The van der Waals surface area contributed by atoms with E-state index >= 15 is 0 Å². The molecule has 5 heteroatoms. The van der Waals surface area contributed by atoms with Gasteiger partial charge in [0.05, 0.1) is 5.75 Å². The van der Waals surface area contributed by atoms with Crippen LogP contribution in [0.4, 0.5) is 0 Å². The number of hydrogen-bond acceptors (Lipinski definition) is 3. The maximum absolute atomic E-state index is 10.8. The van der Waals surface area contributed by atoms with Gasteiger partial charge in [0.2, 0.25) is 0 Å². The van der Waals surface area contributed by atoms with Gasteiger partial charge in [-0.1, -0.05) is 6.92 Å². The van der Waals surface area contributed by atoms with E-state index in [0.29, 0.717) is 18.3 Å². The molecular weight excluding hydrogens is 210 g/mol. The summed E-state index contributed by atoms with van der Waals surface area (Å²) in [4.78, 5) is 1.99. The highest BCUT2D eigenvalue weighted by Gasteiger charge is 2.08. The van der Waals surface area contributed by atoms with Crippen LogP contribution in [0.1, 0.15) is 6.92 Å². The third kappa shape index (κ3) is 8.53. The Morgan fingerprint density at radius 2 is 2.00 bits per heavy atom. The summed E-state index contributed by atoms with van der Waals surface area (Å²) in [5.74, 6) is 1.24. The largest absolute Gasteiger partial charge is 0.305 e. The van der Waals surface area contributed by atoms with E-state index in [1.807, 2.05) is 18.9 Å². The van der Waals surface area contributed by atoms with Gasteiger partial charge in [-0.3, -0.25) is 0 Å². The van der Waals surface area contributed by atoms with Gasteiger partial charge in [-0.05, 0) is 13.0 Å². The van der Waals surface area contributed by atoms with Crippen LogP contribution in [-0.2, 0) is 9.84 Å². The molecule has 0 aromatic rings. The SMILES string of the molecule is CC(CCl)CN(C)CCS(C)(=O)=O. The molecule has 0 aromatic carbocycles. The number of rotatable bonds is 6. The molecule has 1 atom stereocenters. The predicted octanol–water partition coefficient (Wildman–Crippen LogP) is 0.838. The van der Waals surface area contributed by atoms with Gasteiger partial charge < -0.3 is 4.90 Å². The molecule has 0 N–H and O–H groups in total. The first-order valence-electron chi connectivity index (χ1n) is 4.27. The van der Waals surface area contributed by atoms with Crippen molar-refractivity contribution in [2.75, 3.05) is 38.0 Å². The van der Waals surface area contributed by atoms with Crippen LogP contribution in [0.15, 0.2) is 0 Å². The zero-order valence-electron chi connectivity index (χ0n) is 8.46. The Labute approximate surface area is 86.0 Å². The van der Waals surface area contributed by atoms with Crippen molar-refractivity contribution in [3.05, 3.63) is 0 Å². The van der Waals surface area contributed by atoms with Crippen LogP contribution >= 0.6 is 11.6 Å². The summed E-state index contributed by atoms with van der Waals surface area (Å²) in [6, 6.07) is 0. The quantitative estimate of drug-likeness (QED) is 0.631. The average molecular weight is 228 g/mol. The minimum absolute atomic E-state index is 0.221. The molecular formula is C8H18ClNO2S. The van der Waals surface area contributed by atoms with Gasteiger partial charge in [0, 0.05) is 25.2 Å². The van der Waals surface area contributed by atoms with Crippen LogP contribution in [0.25, 0.3) is 0 Å². The van der Waals surface area contributed by atoms with Crippen LogP contribution < -0.4 is 0 Å². The second-order valence-corrected chi connectivity index (χ2v) is 6.22. The third-order valence-electron chi connectivity index (χ3n) is 1.73. The molecule has 1 unspecified atom stereocenters. The van der Waals surface area contributed by atoms with E-state index < -0.39 is 9.84 Å². The molecule has 0 aromatic heterocycles. The first-order chi connectivity index (χ1) is 5.85. The standard InChI is InChI=1S/C8H18ClNO2S/c1-8(6-9)7-10(2)4-5-13(3,11)12/h8H,4-7H2,1-3H3. The number of nitrogens with zero attached hydrogens (tertiary/aromatic N) is 1. The molecule has 0 bridgehead atoms. The molecule has 0 fully saturated rings. The summed E-state index contributed by atoms with van der Waals surface area (Å²) in [7, 11) is -0.925. The van der Waals surface area contributed by atoms with E-state index in [1.165, 1.54) is 6.26 Å². The smallest absolute Gasteiger partial charge is 0.148 e. The van der Waals surface area contributed by atoms with Gasteiger partial charge in [-0.2, -0.15) is 0 Å². The summed E-state index contributed by atoms with van der Waals surface area (Å²) in [5.41, 5.74) is 0. The third-order valence-corrected chi connectivity index (χ3v) is 3.18. The maximum Gasteiger partial charge on any atom is 0.148 e. The van der Waals surface area contributed by atoms with Gasteiger partial charge >= 0.3 is 0 Å². The second-order valence-electron chi connectivity index (χ2n) is 3.65. The van der Waals surface area contributed by atoms with Crippen molar-refractivity contribution in [3.63, 3.8) is 0 Å². The molecule has 0 aliphatic carbocycles. The van der Waals surface area contributed by atoms with Crippen LogP contribution in [-0.4, -0.2) is 51.3 Å². The minimum atomic E-state index is -2.84. The zero-order chi connectivity index (χ0) is 10.5. The van der Waals surface area contributed by atoms with E-state index in [4.69, 9.17) is 11.6 Å². The number of alkyl halides is 1. The molecule has 0 saturated heterocycles. The lowest BCUT2D eigenvalue weighted by atomic mass is 10.2.